The summed E-state index contributed by atoms with van der Waals surface area (Å²) in [4.78, 5) is 4.40. The molecule has 1 aliphatic rings. The van der Waals surface area contributed by atoms with Gasteiger partial charge in [0.15, 0.2) is 0 Å². The third kappa shape index (κ3) is 2.60. The Bertz CT molecular complexity index is 633. The topological polar surface area (TPSA) is 24.4 Å². The van der Waals surface area contributed by atoms with Crippen LogP contribution < -0.4 is 5.32 Å². The molecule has 1 N–H and O–H groups in total. The van der Waals surface area contributed by atoms with Crippen LogP contribution >= 0.6 is 23.2 Å². The zero-order valence-electron chi connectivity index (χ0n) is 10.2. The molecule has 0 amide bonds. The Morgan fingerprint density at radius 2 is 1.68 bits per heavy atom. The maximum atomic E-state index is 6.21. The Morgan fingerprint density at radius 1 is 0.947 bits per heavy atom. The van der Waals surface area contributed by atoms with Crippen molar-refractivity contribution < 1.29 is 0 Å². The van der Waals surface area contributed by atoms with Gasteiger partial charge in [-0.3, -0.25) is 4.99 Å². The summed E-state index contributed by atoms with van der Waals surface area (Å²) in [6.07, 6.45) is 0. The average Bonchev–Trinajstić information content (AvgIpc) is 2.93. The molecule has 0 aliphatic carbocycles. The van der Waals surface area contributed by atoms with Crippen molar-refractivity contribution in [2.24, 2.45) is 4.99 Å². The van der Waals surface area contributed by atoms with Crippen molar-refractivity contribution >= 4 is 29.0 Å². The summed E-state index contributed by atoms with van der Waals surface area (Å²) in [5.41, 5.74) is 3.16. The van der Waals surface area contributed by atoms with Crippen molar-refractivity contribution in [2.45, 2.75) is 0 Å². The van der Waals surface area contributed by atoms with Gasteiger partial charge in [-0.15, -0.1) is 0 Å². The van der Waals surface area contributed by atoms with Gasteiger partial charge in [0.05, 0.1) is 6.54 Å². The Balaban J connectivity index is 1.93. The number of benzene rings is 2. The summed E-state index contributed by atoms with van der Waals surface area (Å²) in [6, 6.07) is 13.7. The molecule has 0 bridgehead atoms. The molecule has 0 radical (unpaired) electrons. The van der Waals surface area contributed by atoms with Gasteiger partial charge in [0, 0.05) is 27.7 Å². The lowest BCUT2D eigenvalue weighted by Gasteiger charge is -2.07. The second kappa shape index (κ2) is 5.24. The van der Waals surface area contributed by atoms with E-state index in [1.807, 2.05) is 24.3 Å². The second-order valence-corrected chi connectivity index (χ2v) is 5.20. The molecule has 4 heteroatoms. The monoisotopic (exact) mass is 290 g/mol. The maximum Gasteiger partial charge on any atom is 0.128 e. The number of amidine groups is 1. The van der Waals surface area contributed by atoms with E-state index in [0.29, 0.717) is 10.0 Å². The fraction of sp³-hybridized carbons (Fsp3) is 0.133. The van der Waals surface area contributed by atoms with E-state index < -0.39 is 0 Å². The highest BCUT2D eigenvalue weighted by atomic mass is 35.5. The van der Waals surface area contributed by atoms with Crippen LogP contribution in [-0.4, -0.2) is 18.9 Å². The molecule has 0 saturated heterocycles. The third-order valence-corrected chi connectivity index (χ3v) is 3.62. The number of aliphatic imine (C=N–C) groups is 1. The van der Waals surface area contributed by atoms with Crippen molar-refractivity contribution in [3.63, 3.8) is 0 Å². The highest BCUT2D eigenvalue weighted by Gasteiger charge is 2.09. The molecule has 0 aromatic heterocycles. The molecule has 0 saturated carbocycles. The van der Waals surface area contributed by atoms with Gasteiger partial charge in [-0.25, -0.2) is 0 Å². The lowest BCUT2D eigenvalue weighted by atomic mass is 10.0. The van der Waals surface area contributed by atoms with Crippen LogP contribution in [0.25, 0.3) is 11.1 Å². The number of halogens is 2. The van der Waals surface area contributed by atoms with Gasteiger partial charge < -0.3 is 5.32 Å². The third-order valence-electron chi connectivity index (χ3n) is 3.07. The van der Waals surface area contributed by atoms with Crippen LogP contribution in [0.1, 0.15) is 5.56 Å². The molecule has 1 aliphatic heterocycles. The summed E-state index contributed by atoms with van der Waals surface area (Å²) < 4.78 is 0. The van der Waals surface area contributed by atoms with E-state index in [-0.39, 0.29) is 0 Å². The fourth-order valence-electron chi connectivity index (χ4n) is 2.12. The molecule has 0 unspecified atom stereocenters. The van der Waals surface area contributed by atoms with Gasteiger partial charge in [-0.2, -0.15) is 0 Å². The van der Waals surface area contributed by atoms with E-state index in [1.54, 1.807) is 6.07 Å². The maximum absolute atomic E-state index is 6.21. The average molecular weight is 291 g/mol. The van der Waals surface area contributed by atoms with Crippen molar-refractivity contribution in [3.05, 3.63) is 58.1 Å². The largest absolute Gasteiger partial charge is 0.368 e. The lowest BCUT2D eigenvalue weighted by Crippen LogP contribution is -2.19. The molecule has 3 rings (SSSR count). The fourth-order valence-corrected chi connectivity index (χ4v) is 2.64. The van der Waals surface area contributed by atoms with Gasteiger partial charge in [0.2, 0.25) is 0 Å². The summed E-state index contributed by atoms with van der Waals surface area (Å²) in [5, 5.41) is 4.57. The first-order chi connectivity index (χ1) is 9.24. The van der Waals surface area contributed by atoms with Gasteiger partial charge >= 0.3 is 0 Å². The summed E-state index contributed by atoms with van der Waals surface area (Å²) in [6.45, 7) is 1.76. The second-order valence-electron chi connectivity index (χ2n) is 4.36. The van der Waals surface area contributed by atoms with Crippen LogP contribution in [0, 0.1) is 0 Å². The van der Waals surface area contributed by atoms with Gasteiger partial charge in [-0.05, 0) is 17.7 Å². The zero-order chi connectivity index (χ0) is 13.2. The highest BCUT2D eigenvalue weighted by Crippen LogP contribution is 2.30. The SMILES string of the molecule is Clc1ccc(-c2ccc(C3=NCCN3)cc2)c(Cl)c1. The van der Waals surface area contributed by atoms with Crippen LogP contribution in [0.2, 0.25) is 10.0 Å². The highest BCUT2D eigenvalue weighted by molar-refractivity contribution is 6.36. The molecule has 19 heavy (non-hydrogen) atoms. The van der Waals surface area contributed by atoms with Crippen LogP contribution in [0.15, 0.2) is 47.5 Å². The molecule has 2 aromatic rings. The first-order valence-corrected chi connectivity index (χ1v) is 6.84. The zero-order valence-corrected chi connectivity index (χ0v) is 11.7. The Hall–Kier alpha value is -1.51. The number of nitrogens with zero attached hydrogens (tertiary/aromatic N) is 1. The molecular weight excluding hydrogens is 279 g/mol. The van der Waals surface area contributed by atoms with E-state index >= 15 is 0 Å². The minimum Gasteiger partial charge on any atom is -0.368 e. The Morgan fingerprint density at radius 3 is 2.32 bits per heavy atom. The van der Waals surface area contributed by atoms with Crippen LogP contribution in [0.3, 0.4) is 0 Å². The van der Waals surface area contributed by atoms with Crippen molar-refractivity contribution in [1.82, 2.24) is 5.32 Å². The summed E-state index contributed by atoms with van der Waals surface area (Å²) in [5.74, 6) is 0.966. The minimum atomic E-state index is 0.648. The molecule has 0 fully saturated rings. The lowest BCUT2D eigenvalue weighted by molar-refractivity contribution is 0.960. The summed E-state index contributed by atoms with van der Waals surface area (Å²) >= 11 is 12.1. The standard InChI is InChI=1S/C15H12Cl2N2/c16-12-5-6-13(14(17)9-12)10-1-3-11(4-2-10)15-18-7-8-19-15/h1-6,9H,7-8H2,(H,18,19). The number of hydrogen-bond acceptors (Lipinski definition) is 2. The Kier molecular flexibility index (Phi) is 3.45. The van der Waals surface area contributed by atoms with E-state index in [0.717, 1.165) is 35.6 Å². The molecule has 2 aromatic carbocycles. The first kappa shape index (κ1) is 12.5. The number of hydrogen-bond donors (Lipinski definition) is 1. The normalized spacial score (nSPS) is 14.1. The molecular formula is C15H12Cl2N2. The predicted molar refractivity (Wildman–Crippen MR) is 81.3 cm³/mol. The molecule has 1 heterocycles. The molecule has 0 atom stereocenters. The van der Waals surface area contributed by atoms with Gasteiger partial charge in [0.1, 0.15) is 5.84 Å². The van der Waals surface area contributed by atoms with Crippen LogP contribution in [-0.2, 0) is 0 Å². The van der Waals surface area contributed by atoms with Crippen LogP contribution in [0.4, 0.5) is 0 Å². The first-order valence-electron chi connectivity index (χ1n) is 6.08. The molecule has 2 nitrogen and oxygen atoms in total. The van der Waals surface area contributed by atoms with Gasteiger partial charge in [0.25, 0.3) is 0 Å². The van der Waals surface area contributed by atoms with E-state index in [1.165, 1.54) is 0 Å². The Labute approximate surface area is 122 Å². The predicted octanol–water partition coefficient (Wildman–Crippen LogP) is 4.01. The van der Waals surface area contributed by atoms with E-state index in [2.05, 4.69) is 22.4 Å². The molecule has 0 spiro atoms. The van der Waals surface area contributed by atoms with Crippen molar-refractivity contribution in [1.29, 1.82) is 0 Å². The smallest absolute Gasteiger partial charge is 0.128 e. The van der Waals surface area contributed by atoms with E-state index in [9.17, 15) is 0 Å². The number of nitrogens with one attached hydrogen (secondary N) is 1. The van der Waals surface area contributed by atoms with E-state index in [4.69, 9.17) is 23.2 Å². The summed E-state index contributed by atoms with van der Waals surface area (Å²) in [7, 11) is 0. The minimum absolute atomic E-state index is 0.648. The van der Waals surface area contributed by atoms with Gasteiger partial charge in [-0.1, -0.05) is 53.5 Å². The van der Waals surface area contributed by atoms with Crippen molar-refractivity contribution in [3.8, 4) is 11.1 Å². The molecule has 96 valence electrons. The van der Waals surface area contributed by atoms with Crippen LogP contribution in [0.5, 0.6) is 0 Å². The number of rotatable bonds is 2. The quantitative estimate of drug-likeness (QED) is 0.888. The van der Waals surface area contributed by atoms with Crippen molar-refractivity contribution in [2.75, 3.05) is 13.1 Å².